The SMILES string of the molecule is CC(C)NC(=O)C(C)N(Cc1ccccc1Cl)C(=O)COc1ccc(C(C)(C)C)cc1Br. The predicted molar refractivity (Wildman–Crippen MR) is 133 cm³/mol. The maximum atomic E-state index is 13.2. The van der Waals surface area contributed by atoms with E-state index in [2.05, 4.69) is 42.0 Å². The fourth-order valence-corrected chi connectivity index (χ4v) is 3.79. The minimum atomic E-state index is -0.684. The van der Waals surface area contributed by atoms with Crippen LogP contribution in [0.2, 0.25) is 5.02 Å². The summed E-state index contributed by atoms with van der Waals surface area (Å²) >= 11 is 9.85. The molecule has 0 saturated carbocycles. The van der Waals surface area contributed by atoms with Crippen molar-refractivity contribution in [2.75, 3.05) is 6.61 Å². The van der Waals surface area contributed by atoms with Crippen molar-refractivity contribution in [1.29, 1.82) is 0 Å². The Labute approximate surface area is 204 Å². The largest absolute Gasteiger partial charge is 0.483 e. The summed E-state index contributed by atoms with van der Waals surface area (Å²) in [7, 11) is 0. The molecule has 5 nitrogen and oxygen atoms in total. The molecule has 0 aliphatic rings. The van der Waals surface area contributed by atoms with Crippen LogP contribution in [0.15, 0.2) is 46.9 Å². The van der Waals surface area contributed by atoms with Crippen LogP contribution in [0, 0.1) is 0 Å². The van der Waals surface area contributed by atoms with Crippen LogP contribution in [-0.4, -0.2) is 35.4 Å². The van der Waals surface area contributed by atoms with Gasteiger partial charge in [0.2, 0.25) is 5.91 Å². The Hall–Kier alpha value is -2.05. The zero-order chi connectivity index (χ0) is 24.1. The Morgan fingerprint density at radius 1 is 1.12 bits per heavy atom. The molecule has 0 heterocycles. The zero-order valence-electron chi connectivity index (χ0n) is 19.5. The number of benzene rings is 2. The number of nitrogens with one attached hydrogen (secondary N) is 1. The lowest BCUT2D eigenvalue weighted by Gasteiger charge is -2.29. The highest BCUT2D eigenvalue weighted by Gasteiger charge is 2.27. The van der Waals surface area contributed by atoms with E-state index in [0.717, 1.165) is 15.6 Å². The Morgan fingerprint density at radius 2 is 1.78 bits per heavy atom. The van der Waals surface area contributed by atoms with Gasteiger partial charge in [-0.25, -0.2) is 0 Å². The number of hydrogen-bond acceptors (Lipinski definition) is 3. The van der Waals surface area contributed by atoms with Gasteiger partial charge in [-0.2, -0.15) is 0 Å². The van der Waals surface area contributed by atoms with Gasteiger partial charge in [-0.15, -0.1) is 0 Å². The first kappa shape index (κ1) is 26.2. The highest BCUT2D eigenvalue weighted by molar-refractivity contribution is 9.10. The summed E-state index contributed by atoms with van der Waals surface area (Å²) in [6.45, 7) is 11.9. The molecule has 0 spiro atoms. The van der Waals surface area contributed by atoms with Crippen LogP contribution in [0.3, 0.4) is 0 Å². The molecule has 0 saturated heterocycles. The van der Waals surface area contributed by atoms with Crippen LogP contribution in [0.1, 0.15) is 52.7 Å². The third-order valence-electron chi connectivity index (χ3n) is 5.05. The van der Waals surface area contributed by atoms with Crippen molar-refractivity contribution in [2.45, 2.75) is 65.6 Å². The first-order chi connectivity index (χ1) is 14.9. The van der Waals surface area contributed by atoms with Crippen LogP contribution in [0.25, 0.3) is 0 Å². The normalized spacial score (nSPS) is 12.4. The lowest BCUT2D eigenvalue weighted by molar-refractivity contribution is -0.142. The van der Waals surface area contributed by atoms with Gasteiger partial charge in [0.25, 0.3) is 5.91 Å². The van der Waals surface area contributed by atoms with Gasteiger partial charge in [-0.1, -0.05) is 56.6 Å². The minimum absolute atomic E-state index is 0.00181. The van der Waals surface area contributed by atoms with Crippen LogP contribution >= 0.6 is 27.5 Å². The number of rotatable bonds is 8. The van der Waals surface area contributed by atoms with Crippen molar-refractivity contribution in [3.8, 4) is 5.75 Å². The van der Waals surface area contributed by atoms with Crippen LogP contribution in [0.4, 0.5) is 0 Å². The van der Waals surface area contributed by atoms with Crippen LogP contribution in [0.5, 0.6) is 5.75 Å². The van der Waals surface area contributed by atoms with Gasteiger partial charge in [0.1, 0.15) is 11.8 Å². The van der Waals surface area contributed by atoms with Gasteiger partial charge >= 0.3 is 0 Å². The molecule has 1 atom stereocenters. The first-order valence-corrected chi connectivity index (χ1v) is 11.8. The van der Waals surface area contributed by atoms with Gasteiger partial charge in [0.15, 0.2) is 6.61 Å². The first-order valence-electron chi connectivity index (χ1n) is 10.7. The van der Waals surface area contributed by atoms with Gasteiger partial charge in [-0.3, -0.25) is 9.59 Å². The van der Waals surface area contributed by atoms with E-state index in [1.807, 2.05) is 50.2 Å². The average molecular weight is 524 g/mol. The van der Waals surface area contributed by atoms with Gasteiger partial charge in [0, 0.05) is 17.6 Å². The fourth-order valence-electron chi connectivity index (χ4n) is 3.10. The third-order valence-corrected chi connectivity index (χ3v) is 6.03. The summed E-state index contributed by atoms with van der Waals surface area (Å²) in [5.74, 6) is 0.0440. The van der Waals surface area contributed by atoms with Gasteiger partial charge < -0.3 is 15.0 Å². The summed E-state index contributed by atoms with van der Waals surface area (Å²) in [6, 6.07) is 12.4. The van der Waals surface area contributed by atoms with E-state index in [9.17, 15) is 9.59 Å². The summed E-state index contributed by atoms with van der Waals surface area (Å²) in [4.78, 5) is 27.3. The number of nitrogens with zero attached hydrogens (tertiary/aromatic N) is 1. The molecular weight excluding hydrogens is 492 g/mol. The van der Waals surface area contributed by atoms with Crippen molar-refractivity contribution >= 4 is 39.3 Å². The van der Waals surface area contributed by atoms with E-state index < -0.39 is 6.04 Å². The second-order valence-electron chi connectivity index (χ2n) is 9.14. The highest BCUT2D eigenvalue weighted by Crippen LogP contribution is 2.31. The summed E-state index contributed by atoms with van der Waals surface area (Å²) in [6.07, 6.45) is 0. The molecule has 2 aromatic carbocycles. The number of hydrogen-bond donors (Lipinski definition) is 1. The van der Waals surface area contributed by atoms with Crippen molar-refractivity contribution in [1.82, 2.24) is 10.2 Å². The number of ether oxygens (including phenoxy) is 1. The molecule has 2 aromatic rings. The second kappa shape index (κ2) is 11.2. The van der Waals surface area contributed by atoms with Gasteiger partial charge in [0.05, 0.1) is 4.47 Å². The molecule has 0 bridgehead atoms. The Bertz CT molecular complexity index is 956. The minimum Gasteiger partial charge on any atom is -0.483 e. The van der Waals surface area contributed by atoms with E-state index in [1.54, 1.807) is 13.0 Å². The van der Waals surface area contributed by atoms with Gasteiger partial charge in [-0.05, 0) is 71.4 Å². The van der Waals surface area contributed by atoms with E-state index in [0.29, 0.717) is 10.8 Å². The molecule has 0 fully saturated rings. The number of halogens is 2. The standard InChI is InChI=1S/C25H32BrClN2O3/c1-16(2)28-24(31)17(3)29(14-18-9-7-8-10-21(18)27)23(30)15-32-22-12-11-19(13-20(22)26)25(4,5)6/h7-13,16-17H,14-15H2,1-6H3,(H,28,31). The maximum absolute atomic E-state index is 13.2. The van der Waals surface area contributed by atoms with E-state index in [1.165, 1.54) is 4.90 Å². The third kappa shape index (κ3) is 7.24. The molecule has 0 aliphatic heterocycles. The molecule has 2 rings (SSSR count). The van der Waals surface area contributed by atoms with Crippen molar-refractivity contribution < 1.29 is 14.3 Å². The van der Waals surface area contributed by atoms with Crippen molar-refractivity contribution in [3.05, 3.63) is 63.1 Å². The molecule has 32 heavy (non-hydrogen) atoms. The lowest BCUT2D eigenvalue weighted by atomic mass is 9.87. The maximum Gasteiger partial charge on any atom is 0.261 e. The molecule has 0 aromatic heterocycles. The monoisotopic (exact) mass is 522 g/mol. The predicted octanol–water partition coefficient (Wildman–Crippen LogP) is 5.72. The highest BCUT2D eigenvalue weighted by atomic mass is 79.9. The zero-order valence-corrected chi connectivity index (χ0v) is 21.9. The Kier molecular flexibility index (Phi) is 9.17. The molecule has 1 unspecified atom stereocenters. The average Bonchev–Trinajstić information content (AvgIpc) is 2.70. The molecule has 0 aliphatic carbocycles. The summed E-state index contributed by atoms with van der Waals surface area (Å²) in [5, 5.41) is 3.41. The number of carbonyl (C=O) groups is 2. The molecule has 174 valence electrons. The Morgan fingerprint density at radius 3 is 2.34 bits per heavy atom. The van der Waals surface area contributed by atoms with Crippen LogP contribution < -0.4 is 10.1 Å². The molecular formula is C25H32BrClN2O3. The number of carbonyl (C=O) groups excluding carboxylic acids is 2. The molecule has 7 heteroatoms. The summed E-state index contributed by atoms with van der Waals surface area (Å²) < 4.78 is 6.60. The smallest absolute Gasteiger partial charge is 0.261 e. The van der Waals surface area contributed by atoms with Crippen molar-refractivity contribution in [2.24, 2.45) is 0 Å². The van der Waals surface area contributed by atoms with E-state index in [4.69, 9.17) is 16.3 Å². The summed E-state index contributed by atoms with van der Waals surface area (Å²) in [5.41, 5.74) is 1.92. The van der Waals surface area contributed by atoms with Crippen molar-refractivity contribution in [3.63, 3.8) is 0 Å². The lowest BCUT2D eigenvalue weighted by Crippen LogP contribution is -2.50. The second-order valence-corrected chi connectivity index (χ2v) is 10.4. The number of amides is 2. The Balaban J connectivity index is 2.20. The fraction of sp³-hybridized carbons (Fsp3) is 0.440. The molecule has 1 N–H and O–H groups in total. The molecule has 2 amide bonds. The quantitative estimate of drug-likeness (QED) is 0.481. The topological polar surface area (TPSA) is 58.6 Å². The molecule has 0 radical (unpaired) electrons. The van der Waals surface area contributed by atoms with E-state index in [-0.39, 0.29) is 36.4 Å². The van der Waals surface area contributed by atoms with E-state index >= 15 is 0 Å². The van der Waals surface area contributed by atoms with Crippen LogP contribution in [-0.2, 0) is 21.5 Å².